The van der Waals surface area contributed by atoms with Crippen molar-refractivity contribution in [3.05, 3.63) is 12.7 Å². The van der Waals surface area contributed by atoms with Gasteiger partial charge in [-0.3, -0.25) is 9.59 Å². The Morgan fingerprint density at radius 1 is 1.22 bits per heavy atom. The van der Waals surface area contributed by atoms with E-state index >= 15 is 0 Å². The predicted octanol–water partition coefficient (Wildman–Crippen LogP) is 4.83. The zero-order valence-electron chi connectivity index (χ0n) is 16.4. The largest absolute Gasteiger partial charge is 0.299 e. The second-order valence-corrected chi connectivity index (χ2v) is 8.99. The summed E-state index contributed by atoms with van der Waals surface area (Å²) in [5, 5.41) is 0. The predicted molar refractivity (Wildman–Crippen MR) is 92.9 cm³/mol. The van der Waals surface area contributed by atoms with Crippen molar-refractivity contribution < 1.29 is 11.0 Å². The Kier molecular flexibility index (Phi) is 3.42. The van der Waals surface area contributed by atoms with Gasteiger partial charge >= 0.3 is 0 Å². The van der Waals surface area contributed by atoms with Gasteiger partial charge in [-0.1, -0.05) is 40.7 Å². The highest BCUT2D eigenvalue weighted by molar-refractivity contribution is 5.95. The van der Waals surface area contributed by atoms with E-state index in [1.165, 1.54) is 0 Å². The Hall–Kier alpha value is -0.920. The minimum Gasteiger partial charge on any atom is -0.299 e. The molecule has 0 N–H and O–H groups in total. The van der Waals surface area contributed by atoms with Crippen LogP contribution in [0.15, 0.2) is 12.7 Å². The summed E-state index contributed by atoms with van der Waals surface area (Å²) in [6.07, 6.45) is 5.42. The molecule has 0 spiro atoms. The number of rotatable bonds is 1. The van der Waals surface area contributed by atoms with Gasteiger partial charge in [0.2, 0.25) is 0 Å². The molecule has 3 aliphatic carbocycles. The van der Waals surface area contributed by atoms with E-state index in [0.29, 0.717) is 12.8 Å². The SMILES string of the molecule is [2H][C@]1(C)C(C)C(C)(C=C)CC(=O)C2(C)C(C)CCC13CCC(=O)C23. The molecule has 0 aliphatic heterocycles. The Morgan fingerprint density at radius 3 is 2.48 bits per heavy atom. The number of hydrogen-bond donors (Lipinski definition) is 0. The van der Waals surface area contributed by atoms with Crippen LogP contribution in [-0.2, 0) is 9.59 Å². The number of hydrogen-bond acceptors (Lipinski definition) is 2. The number of carbonyl (C=O) groups is 2. The Morgan fingerprint density at radius 2 is 1.87 bits per heavy atom. The first-order valence-corrected chi connectivity index (χ1v) is 9.17. The van der Waals surface area contributed by atoms with Gasteiger partial charge in [0.1, 0.15) is 11.6 Å². The lowest BCUT2D eigenvalue weighted by molar-refractivity contribution is -0.165. The van der Waals surface area contributed by atoms with E-state index < -0.39 is 16.7 Å². The van der Waals surface area contributed by atoms with Crippen molar-refractivity contribution in [2.24, 2.45) is 39.9 Å². The highest BCUT2D eigenvalue weighted by Gasteiger charge is 2.66. The van der Waals surface area contributed by atoms with E-state index in [-0.39, 0.29) is 34.7 Å². The van der Waals surface area contributed by atoms with E-state index in [0.717, 1.165) is 19.3 Å². The molecule has 0 amide bonds. The van der Waals surface area contributed by atoms with Crippen molar-refractivity contribution in [2.45, 2.75) is 66.7 Å². The summed E-state index contributed by atoms with van der Waals surface area (Å²) < 4.78 is 9.42. The average Bonchev–Trinajstić information content (AvgIpc) is 2.88. The van der Waals surface area contributed by atoms with Crippen LogP contribution in [0.3, 0.4) is 0 Å². The van der Waals surface area contributed by atoms with Gasteiger partial charge in [0.25, 0.3) is 0 Å². The Labute approximate surface area is 142 Å². The second kappa shape index (κ2) is 5.04. The first kappa shape index (κ1) is 15.6. The molecule has 0 aromatic carbocycles. The standard InChI is InChI=1S/C21H32O2/c1-7-19(5)12-17(23)20(6)13(2)8-10-21(15(4)14(19)3)11-9-16(22)18(20)21/h7,13-15,18H,1,8-12H2,2-6H3/t13?,14?,15-,18?,19?,20?,21?/m0/s1/i15D. The van der Waals surface area contributed by atoms with E-state index in [2.05, 4.69) is 27.4 Å². The van der Waals surface area contributed by atoms with Crippen molar-refractivity contribution >= 4 is 11.6 Å². The molecule has 128 valence electrons. The molecular weight excluding hydrogens is 284 g/mol. The fourth-order valence-electron chi connectivity index (χ4n) is 6.10. The highest BCUT2D eigenvalue weighted by Crippen LogP contribution is 2.67. The smallest absolute Gasteiger partial charge is 0.140 e. The van der Waals surface area contributed by atoms with Gasteiger partial charge in [-0.15, -0.1) is 6.58 Å². The third-order valence-electron chi connectivity index (χ3n) is 8.37. The molecule has 0 heterocycles. The average molecular weight is 317 g/mol. The molecule has 6 unspecified atom stereocenters. The van der Waals surface area contributed by atoms with Crippen molar-refractivity contribution in [3.63, 3.8) is 0 Å². The van der Waals surface area contributed by atoms with Crippen LogP contribution in [0.2, 0.25) is 0 Å². The van der Waals surface area contributed by atoms with Crippen LogP contribution in [0.1, 0.15) is 68.1 Å². The van der Waals surface area contributed by atoms with Crippen molar-refractivity contribution in [1.29, 1.82) is 0 Å². The highest BCUT2D eigenvalue weighted by atomic mass is 16.1. The third-order valence-corrected chi connectivity index (χ3v) is 8.37. The minimum atomic E-state index is -0.741. The van der Waals surface area contributed by atoms with Crippen LogP contribution in [0.5, 0.6) is 0 Å². The van der Waals surface area contributed by atoms with Crippen molar-refractivity contribution in [3.8, 4) is 0 Å². The zero-order chi connectivity index (χ0) is 18.1. The van der Waals surface area contributed by atoms with Crippen LogP contribution >= 0.6 is 0 Å². The summed E-state index contributed by atoms with van der Waals surface area (Å²) in [7, 11) is 0. The second-order valence-electron chi connectivity index (χ2n) is 8.99. The summed E-state index contributed by atoms with van der Waals surface area (Å²) >= 11 is 0. The topological polar surface area (TPSA) is 34.1 Å². The fourth-order valence-corrected chi connectivity index (χ4v) is 6.10. The molecule has 2 bridgehead atoms. The maximum Gasteiger partial charge on any atom is 0.140 e. The van der Waals surface area contributed by atoms with Gasteiger partial charge in [-0.05, 0) is 47.8 Å². The molecule has 3 saturated carbocycles. The lowest BCUT2D eigenvalue weighted by Crippen LogP contribution is -2.59. The lowest BCUT2D eigenvalue weighted by Gasteiger charge is -2.59. The van der Waals surface area contributed by atoms with Gasteiger partial charge in [0.05, 0.1) is 0 Å². The minimum absolute atomic E-state index is 0.0159. The molecule has 23 heavy (non-hydrogen) atoms. The molecule has 2 heteroatoms. The van der Waals surface area contributed by atoms with Crippen LogP contribution in [0.25, 0.3) is 0 Å². The molecule has 3 fully saturated rings. The quantitative estimate of drug-likeness (QED) is 0.649. The monoisotopic (exact) mass is 317 g/mol. The summed E-state index contributed by atoms with van der Waals surface area (Å²) in [6.45, 7) is 14.4. The summed E-state index contributed by atoms with van der Waals surface area (Å²) in [5.41, 5.74) is -1.39. The number of ketones is 2. The molecule has 0 radical (unpaired) electrons. The molecule has 2 nitrogen and oxygen atoms in total. The molecule has 3 rings (SSSR count). The summed E-state index contributed by atoms with van der Waals surface area (Å²) in [6, 6.07) is 0. The van der Waals surface area contributed by atoms with Gasteiger partial charge in [-0.25, -0.2) is 0 Å². The van der Waals surface area contributed by atoms with Crippen LogP contribution in [-0.4, -0.2) is 11.6 Å². The van der Waals surface area contributed by atoms with Gasteiger partial charge in [0, 0.05) is 25.5 Å². The maximum atomic E-state index is 13.5. The first-order chi connectivity index (χ1) is 11.0. The molecular formula is C21H32O2. The Balaban J connectivity index is 2.30. The first-order valence-electron chi connectivity index (χ1n) is 9.67. The van der Waals surface area contributed by atoms with Crippen molar-refractivity contribution in [2.75, 3.05) is 0 Å². The van der Waals surface area contributed by atoms with E-state index in [9.17, 15) is 11.0 Å². The third kappa shape index (κ3) is 1.93. The van der Waals surface area contributed by atoms with E-state index in [1.807, 2.05) is 19.9 Å². The van der Waals surface area contributed by atoms with Gasteiger partial charge < -0.3 is 0 Å². The zero-order valence-corrected chi connectivity index (χ0v) is 15.4. The lowest BCUT2D eigenvalue weighted by atomic mass is 9.43. The molecule has 3 aliphatic rings. The molecule has 0 aromatic heterocycles. The van der Waals surface area contributed by atoms with E-state index in [1.54, 1.807) is 0 Å². The fraction of sp³-hybridized carbons (Fsp3) is 0.810. The van der Waals surface area contributed by atoms with Crippen molar-refractivity contribution in [1.82, 2.24) is 0 Å². The Bertz CT molecular complexity index is 609. The van der Waals surface area contributed by atoms with Crippen LogP contribution < -0.4 is 0 Å². The van der Waals surface area contributed by atoms with Gasteiger partial charge in [0.15, 0.2) is 0 Å². The number of allylic oxidation sites excluding steroid dienone is 1. The van der Waals surface area contributed by atoms with Crippen LogP contribution in [0, 0.1) is 39.9 Å². The number of Topliss-reactive ketones (excluding diaryl/α,β-unsaturated/α-hetero) is 2. The maximum absolute atomic E-state index is 13.5. The number of carbonyl (C=O) groups excluding carboxylic acids is 2. The summed E-state index contributed by atoms with van der Waals surface area (Å²) in [5.74, 6) is -0.398. The molecule has 0 aromatic rings. The van der Waals surface area contributed by atoms with Crippen LogP contribution in [0.4, 0.5) is 0 Å². The normalized spacial score (nSPS) is 57.3. The van der Waals surface area contributed by atoms with E-state index in [4.69, 9.17) is 0 Å². The molecule has 0 saturated heterocycles. The molecule has 7 atom stereocenters. The van der Waals surface area contributed by atoms with Gasteiger partial charge in [-0.2, -0.15) is 0 Å². The summed E-state index contributed by atoms with van der Waals surface area (Å²) in [4.78, 5) is 26.4.